The number of nitrogens with zero attached hydrogens (tertiary/aromatic N) is 4. The molecule has 2 heterocycles. The molecule has 1 aromatic carbocycles. The van der Waals surface area contributed by atoms with E-state index in [1.807, 2.05) is 6.07 Å². The van der Waals surface area contributed by atoms with Crippen molar-refractivity contribution in [2.75, 3.05) is 25.0 Å². The minimum absolute atomic E-state index is 0.0316. The van der Waals surface area contributed by atoms with Crippen molar-refractivity contribution >= 4 is 17.6 Å². The summed E-state index contributed by atoms with van der Waals surface area (Å²) in [6, 6.07) is 8.45. The van der Waals surface area contributed by atoms with E-state index in [9.17, 15) is 24.3 Å². The Kier molecular flexibility index (Phi) is 7.00. The van der Waals surface area contributed by atoms with Crippen LogP contribution in [0.2, 0.25) is 0 Å². The largest absolute Gasteiger partial charge is 0.486 e. The second-order valence-electron chi connectivity index (χ2n) is 8.32. The van der Waals surface area contributed by atoms with Gasteiger partial charge in [-0.05, 0) is 31.0 Å². The van der Waals surface area contributed by atoms with Gasteiger partial charge in [-0.1, -0.05) is 0 Å². The molecule has 4 rings (SSSR count). The zero-order chi connectivity index (χ0) is 24.2. The number of nitrogens with one attached hydrogen (secondary N) is 1. The lowest BCUT2D eigenvalue weighted by Crippen LogP contribution is -2.52. The van der Waals surface area contributed by atoms with Crippen molar-refractivity contribution in [3.63, 3.8) is 0 Å². The van der Waals surface area contributed by atoms with Gasteiger partial charge in [0.15, 0.2) is 12.3 Å². The number of aromatic nitrogens is 2. The fourth-order valence-corrected chi connectivity index (χ4v) is 3.70. The van der Waals surface area contributed by atoms with Crippen LogP contribution < -0.4 is 10.1 Å². The van der Waals surface area contributed by atoms with Crippen molar-refractivity contribution in [2.24, 2.45) is 5.92 Å². The van der Waals surface area contributed by atoms with Crippen molar-refractivity contribution < 1.29 is 28.9 Å². The Labute approximate surface area is 195 Å². The van der Waals surface area contributed by atoms with Crippen LogP contribution in [-0.4, -0.2) is 75.0 Å². The Morgan fingerprint density at radius 1 is 1.29 bits per heavy atom. The molecule has 1 saturated heterocycles. The molecule has 2 aromatic rings. The lowest BCUT2D eigenvalue weighted by atomic mass is 10.0. The van der Waals surface area contributed by atoms with Gasteiger partial charge in [0.1, 0.15) is 30.1 Å². The van der Waals surface area contributed by atoms with Gasteiger partial charge < -0.3 is 25.2 Å². The summed E-state index contributed by atoms with van der Waals surface area (Å²) in [7, 11) is 0. The van der Waals surface area contributed by atoms with E-state index in [0.29, 0.717) is 17.1 Å². The standard InChI is InChI=1S/C23H24FN5O5/c24-16-10-29(23(33)18(31)11-30)6-5-20(16)34-19-4-3-14(7-15(19)9-25)17-8-21(27-12-26-17)28-22(32)13-1-2-13/h3-4,7-8,12-13,16,18,20,30-31H,1-2,5-6,10-11H2,(H,26,27,28,32)/t16-,18?,20+/m1/s1. The molecule has 1 saturated carbocycles. The Bertz CT molecular complexity index is 1120. The van der Waals surface area contributed by atoms with E-state index < -0.39 is 30.9 Å². The van der Waals surface area contributed by atoms with Crippen LogP contribution in [0.3, 0.4) is 0 Å². The number of likely N-dealkylation sites (tertiary alicyclic amines) is 1. The number of carbonyl (C=O) groups excluding carboxylic acids is 2. The molecule has 1 aliphatic carbocycles. The van der Waals surface area contributed by atoms with Crippen LogP contribution >= 0.6 is 0 Å². The molecule has 3 N–H and O–H groups in total. The minimum atomic E-state index is -1.58. The highest BCUT2D eigenvalue weighted by Crippen LogP contribution is 2.31. The SMILES string of the molecule is N#Cc1cc(-c2cc(NC(=O)C3CC3)ncn2)ccc1O[C@H]1CCN(C(=O)C(O)CO)C[C@H]1F. The van der Waals surface area contributed by atoms with Crippen molar-refractivity contribution in [2.45, 2.75) is 37.6 Å². The molecule has 0 bridgehead atoms. The number of carbonyl (C=O) groups is 2. The van der Waals surface area contributed by atoms with E-state index in [4.69, 9.17) is 9.84 Å². The number of aliphatic hydroxyl groups is 2. The first-order valence-electron chi connectivity index (χ1n) is 11.0. The summed E-state index contributed by atoms with van der Waals surface area (Å²) in [5.74, 6) is -0.211. The van der Waals surface area contributed by atoms with E-state index in [0.717, 1.165) is 17.7 Å². The Balaban J connectivity index is 1.44. The van der Waals surface area contributed by atoms with Crippen molar-refractivity contribution in [3.8, 4) is 23.1 Å². The van der Waals surface area contributed by atoms with Gasteiger partial charge in [0.2, 0.25) is 5.91 Å². The van der Waals surface area contributed by atoms with E-state index in [1.165, 1.54) is 6.33 Å². The van der Waals surface area contributed by atoms with Crippen LogP contribution in [0.1, 0.15) is 24.8 Å². The van der Waals surface area contributed by atoms with E-state index in [-0.39, 0.29) is 42.6 Å². The number of aliphatic hydroxyl groups excluding tert-OH is 2. The molecule has 1 aliphatic heterocycles. The fourth-order valence-electron chi connectivity index (χ4n) is 3.70. The molecule has 34 heavy (non-hydrogen) atoms. The first-order valence-corrected chi connectivity index (χ1v) is 11.0. The van der Waals surface area contributed by atoms with Gasteiger partial charge in [0.25, 0.3) is 5.91 Å². The Morgan fingerprint density at radius 2 is 2.09 bits per heavy atom. The van der Waals surface area contributed by atoms with E-state index >= 15 is 0 Å². The number of alkyl halides is 1. The molecule has 2 amide bonds. The molecule has 178 valence electrons. The number of hydrogen-bond donors (Lipinski definition) is 3. The van der Waals surface area contributed by atoms with Crippen LogP contribution in [0.15, 0.2) is 30.6 Å². The average molecular weight is 469 g/mol. The van der Waals surface area contributed by atoms with Crippen LogP contribution in [-0.2, 0) is 9.59 Å². The number of amides is 2. The molecule has 0 spiro atoms. The molecule has 10 nitrogen and oxygen atoms in total. The smallest absolute Gasteiger partial charge is 0.253 e. The number of nitriles is 1. The average Bonchev–Trinajstić information content (AvgIpc) is 3.70. The quantitative estimate of drug-likeness (QED) is 0.545. The van der Waals surface area contributed by atoms with Gasteiger partial charge in [-0.2, -0.15) is 5.26 Å². The molecule has 1 unspecified atom stereocenters. The van der Waals surface area contributed by atoms with E-state index in [2.05, 4.69) is 15.3 Å². The summed E-state index contributed by atoms with van der Waals surface area (Å²) >= 11 is 0. The maximum Gasteiger partial charge on any atom is 0.253 e. The zero-order valence-electron chi connectivity index (χ0n) is 18.2. The van der Waals surface area contributed by atoms with Gasteiger partial charge in [0.05, 0.1) is 24.4 Å². The van der Waals surface area contributed by atoms with Crippen molar-refractivity contribution in [1.82, 2.24) is 14.9 Å². The first-order chi connectivity index (χ1) is 16.4. The summed E-state index contributed by atoms with van der Waals surface area (Å²) in [6.45, 7) is -0.862. The molecule has 3 atom stereocenters. The second-order valence-corrected chi connectivity index (χ2v) is 8.32. The topological polar surface area (TPSA) is 149 Å². The molecule has 2 aliphatic rings. The summed E-state index contributed by atoms with van der Waals surface area (Å²) in [6.07, 6.45) is -0.761. The number of benzene rings is 1. The summed E-state index contributed by atoms with van der Waals surface area (Å²) in [5.41, 5.74) is 1.28. The molecule has 1 aromatic heterocycles. The Morgan fingerprint density at radius 3 is 2.76 bits per heavy atom. The lowest BCUT2D eigenvalue weighted by Gasteiger charge is -2.35. The predicted molar refractivity (Wildman–Crippen MR) is 117 cm³/mol. The molecule has 11 heteroatoms. The van der Waals surface area contributed by atoms with Crippen molar-refractivity contribution in [1.29, 1.82) is 5.26 Å². The van der Waals surface area contributed by atoms with Crippen LogP contribution in [0, 0.1) is 17.2 Å². The third-order valence-corrected chi connectivity index (χ3v) is 5.79. The third-order valence-electron chi connectivity index (χ3n) is 5.79. The van der Waals surface area contributed by atoms with Crippen LogP contribution in [0.5, 0.6) is 5.75 Å². The monoisotopic (exact) mass is 469 g/mol. The van der Waals surface area contributed by atoms with Gasteiger partial charge in [-0.3, -0.25) is 9.59 Å². The lowest BCUT2D eigenvalue weighted by molar-refractivity contribution is -0.146. The molecular formula is C23H24FN5O5. The van der Waals surface area contributed by atoms with Gasteiger partial charge in [0, 0.05) is 30.5 Å². The summed E-state index contributed by atoms with van der Waals surface area (Å²) < 4.78 is 20.5. The summed E-state index contributed by atoms with van der Waals surface area (Å²) in [4.78, 5) is 33.4. The molecule has 2 fully saturated rings. The summed E-state index contributed by atoms with van der Waals surface area (Å²) in [5, 5.41) is 30.8. The number of halogens is 1. The fraction of sp³-hybridized carbons (Fsp3) is 0.435. The minimum Gasteiger partial charge on any atom is -0.486 e. The third kappa shape index (κ3) is 5.30. The number of anilines is 1. The number of ether oxygens (including phenoxy) is 1. The normalized spacial score (nSPS) is 20.8. The van der Waals surface area contributed by atoms with Gasteiger partial charge in [-0.15, -0.1) is 0 Å². The van der Waals surface area contributed by atoms with Crippen molar-refractivity contribution in [3.05, 3.63) is 36.2 Å². The molecule has 0 radical (unpaired) electrons. The highest BCUT2D eigenvalue weighted by Gasteiger charge is 2.35. The number of rotatable bonds is 7. The number of hydrogen-bond acceptors (Lipinski definition) is 8. The van der Waals surface area contributed by atoms with Gasteiger partial charge >= 0.3 is 0 Å². The second kappa shape index (κ2) is 10.1. The van der Waals surface area contributed by atoms with Crippen LogP contribution in [0.4, 0.5) is 10.2 Å². The predicted octanol–water partition coefficient (Wildman–Crippen LogP) is 1.03. The number of piperidine rings is 1. The highest BCUT2D eigenvalue weighted by molar-refractivity contribution is 5.93. The maximum absolute atomic E-state index is 14.7. The maximum atomic E-state index is 14.7. The zero-order valence-corrected chi connectivity index (χ0v) is 18.2. The van der Waals surface area contributed by atoms with E-state index in [1.54, 1.807) is 24.3 Å². The first kappa shape index (κ1) is 23.5. The molecular weight excluding hydrogens is 445 g/mol. The highest BCUT2D eigenvalue weighted by atomic mass is 19.1. The van der Waals surface area contributed by atoms with Crippen LogP contribution in [0.25, 0.3) is 11.3 Å². The Hall–Kier alpha value is -3.62. The van der Waals surface area contributed by atoms with Gasteiger partial charge in [-0.25, -0.2) is 14.4 Å².